The maximum atomic E-state index is 11.4. The van der Waals surface area contributed by atoms with Crippen LogP contribution in [-0.4, -0.2) is 34.5 Å². The molecule has 3 rings (SSSR count). The molecule has 1 fully saturated rings. The van der Waals surface area contributed by atoms with Crippen molar-refractivity contribution < 1.29 is 9.53 Å². The number of hydrogen-bond donors (Lipinski definition) is 1. The van der Waals surface area contributed by atoms with Gasteiger partial charge < -0.3 is 14.6 Å². The molecule has 0 saturated carbocycles. The molecule has 1 aliphatic rings. The lowest BCUT2D eigenvalue weighted by molar-refractivity contribution is -0.119. The molecule has 2 aromatic rings. The number of benzene rings is 1. The van der Waals surface area contributed by atoms with E-state index in [9.17, 15) is 4.79 Å². The molecular formula is C15H18ClN3O2. The van der Waals surface area contributed by atoms with Crippen LogP contribution in [0.5, 0.6) is 5.75 Å². The van der Waals surface area contributed by atoms with E-state index in [-0.39, 0.29) is 11.9 Å². The van der Waals surface area contributed by atoms with Crippen molar-refractivity contribution in [1.29, 1.82) is 0 Å². The van der Waals surface area contributed by atoms with Gasteiger partial charge in [0, 0.05) is 37.4 Å². The van der Waals surface area contributed by atoms with Crippen molar-refractivity contribution >= 4 is 28.5 Å². The lowest BCUT2D eigenvalue weighted by atomic mass is 10.2. The molecule has 1 saturated heterocycles. The number of carbonyl (C=O) groups excluding carboxylic acids is 1. The number of halogens is 1. The van der Waals surface area contributed by atoms with Gasteiger partial charge >= 0.3 is 0 Å². The summed E-state index contributed by atoms with van der Waals surface area (Å²) >= 11 is 5.89. The van der Waals surface area contributed by atoms with E-state index in [0.717, 1.165) is 35.6 Å². The second kappa shape index (κ2) is 5.93. The lowest BCUT2D eigenvalue weighted by Gasteiger charge is -2.14. The van der Waals surface area contributed by atoms with Crippen LogP contribution in [-0.2, 0) is 17.8 Å². The molecule has 0 spiro atoms. The highest BCUT2D eigenvalue weighted by Gasteiger charge is 2.23. The normalized spacial score (nSPS) is 18.2. The van der Waals surface area contributed by atoms with Crippen LogP contribution >= 0.6 is 11.6 Å². The van der Waals surface area contributed by atoms with Gasteiger partial charge in [-0.25, -0.2) is 4.98 Å². The number of imidazole rings is 1. The van der Waals surface area contributed by atoms with Gasteiger partial charge in [0.2, 0.25) is 5.91 Å². The number of carbonyl (C=O) groups is 1. The zero-order chi connectivity index (χ0) is 14.8. The first-order valence-electron chi connectivity index (χ1n) is 7.09. The standard InChI is InChI=1S/C15H18ClN3O2/c1-21-11-3-4-12-13(8-11)19(14(18-12)6-7-16)9-10-2-5-15(20)17-10/h3-4,8,10H,2,5-7,9H2,1H3,(H,17,20). The van der Waals surface area contributed by atoms with Gasteiger partial charge in [0.25, 0.3) is 0 Å². The van der Waals surface area contributed by atoms with Gasteiger partial charge in [0.15, 0.2) is 0 Å². The topological polar surface area (TPSA) is 56.2 Å². The molecule has 1 aliphatic heterocycles. The second-order valence-corrected chi connectivity index (χ2v) is 5.61. The summed E-state index contributed by atoms with van der Waals surface area (Å²) in [5, 5.41) is 3.00. The van der Waals surface area contributed by atoms with Crippen LogP contribution in [0.2, 0.25) is 0 Å². The molecule has 1 unspecified atom stereocenters. The molecule has 1 atom stereocenters. The summed E-state index contributed by atoms with van der Waals surface area (Å²) in [6, 6.07) is 6.00. The number of aryl methyl sites for hydroxylation is 1. The predicted octanol–water partition coefficient (Wildman–Crippen LogP) is 2.10. The molecule has 1 aromatic heterocycles. The summed E-state index contributed by atoms with van der Waals surface area (Å²) in [7, 11) is 1.65. The zero-order valence-electron chi connectivity index (χ0n) is 11.9. The molecule has 0 radical (unpaired) electrons. The van der Waals surface area contributed by atoms with Crippen LogP contribution in [0.15, 0.2) is 18.2 Å². The number of rotatable bonds is 5. The first kappa shape index (κ1) is 14.2. The minimum Gasteiger partial charge on any atom is -0.497 e. The maximum Gasteiger partial charge on any atom is 0.220 e. The number of hydrogen-bond acceptors (Lipinski definition) is 3. The fraction of sp³-hybridized carbons (Fsp3) is 0.467. The number of ether oxygens (including phenoxy) is 1. The number of alkyl halides is 1. The molecule has 6 heteroatoms. The summed E-state index contributed by atoms with van der Waals surface area (Å²) in [6.07, 6.45) is 2.17. The molecule has 112 valence electrons. The highest BCUT2D eigenvalue weighted by molar-refractivity contribution is 6.17. The van der Waals surface area contributed by atoms with Gasteiger partial charge in [0.05, 0.1) is 18.1 Å². The zero-order valence-corrected chi connectivity index (χ0v) is 12.7. The van der Waals surface area contributed by atoms with Crippen molar-refractivity contribution in [3.8, 4) is 5.75 Å². The average Bonchev–Trinajstić information content (AvgIpc) is 3.04. The van der Waals surface area contributed by atoms with E-state index >= 15 is 0 Å². The molecule has 21 heavy (non-hydrogen) atoms. The minimum atomic E-state index is 0.126. The predicted molar refractivity (Wildman–Crippen MR) is 81.9 cm³/mol. The quantitative estimate of drug-likeness (QED) is 0.861. The molecule has 0 aliphatic carbocycles. The van der Waals surface area contributed by atoms with Crippen LogP contribution in [0, 0.1) is 0 Å². The highest BCUT2D eigenvalue weighted by atomic mass is 35.5. The average molecular weight is 308 g/mol. The Morgan fingerprint density at radius 1 is 1.52 bits per heavy atom. The molecule has 1 N–H and O–H groups in total. The molecule has 0 bridgehead atoms. The van der Waals surface area contributed by atoms with Gasteiger partial charge in [0.1, 0.15) is 11.6 Å². The van der Waals surface area contributed by atoms with E-state index < -0.39 is 0 Å². The molecule has 1 aromatic carbocycles. The SMILES string of the molecule is COc1ccc2nc(CCCl)n(CC3CCC(=O)N3)c2c1. The van der Waals surface area contributed by atoms with Gasteiger partial charge in [-0.05, 0) is 18.6 Å². The van der Waals surface area contributed by atoms with E-state index in [2.05, 4.69) is 14.9 Å². The van der Waals surface area contributed by atoms with E-state index in [1.165, 1.54) is 0 Å². The summed E-state index contributed by atoms with van der Waals surface area (Å²) in [5.74, 6) is 2.41. The smallest absolute Gasteiger partial charge is 0.220 e. The monoisotopic (exact) mass is 307 g/mol. The van der Waals surface area contributed by atoms with Crippen LogP contribution < -0.4 is 10.1 Å². The van der Waals surface area contributed by atoms with Crippen LogP contribution in [0.3, 0.4) is 0 Å². The molecule has 5 nitrogen and oxygen atoms in total. The van der Waals surface area contributed by atoms with E-state index in [0.29, 0.717) is 18.7 Å². The van der Waals surface area contributed by atoms with Crippen LogP contribution in [0.25, 0.3) is 11.0 Å². The van der Waals surface area contributed by atoms with Crippen molar-refractivity contribution in [3.05, 3.63) is 24.0 Å². The van der Waals surface area contributed by atoms with Crippen LogP contribution in [0.1, 0.15) is 18.7 Å². The Balaban J connectivity index is 1.99. The third-order valence-corrected chi connectivity index (χ3v) is 4.03. The third-order valence-electron chi connectivity index (χ3n) is 3.84. The minimum absolute atomic E-state index is 0.126. The Kier molecular flexibility index (Phi) is 4.01. The first-order chi connectivity index (χ1) is 10.2. The van der Waals surface area contributed by atoms with E-state index in [1.54, 1.807) is 7.11 Å². The summed E-state index contributed by atoms with van der Waals surface area (Å²) in [5.41, 5.74) is 1.95. The maximum absolute atomic E-state index is 11.4. The Morgan fingerprint density at radius 3 is 3.05 bits per heavy atom. The Labute approximate surface area is 128 Å². The van der Waals surface area contributed by atoms with Crippen LogP contribution in [0.4, 0.5) is 0 Å². The third kappa shape index (κ3) is 2.83. The van der Waals surface area contributed by atoms with Crippen molar-refractivity contribution in [3.63, 3.8) is 0 Å². The lowest BCUT2D eigenvalue weighted by Crippen LogP contribution is -2.30. The van der Waals surface area contributed by atoms with Gasteiger partial charge in [-0.2, -0.15) is 0 Å². The van der Waals surface area contributed by atoms with Crippen molar-refractivity contribution in [2.75, 3.05) is 13.0 Å². The van der Waals surface area contributed by atoms with Crippen molar-refractivity contribution in [2.24, 2.45) is 0 Å². The van der Waals surface area contributed by atoms with Crippen molar-refractivity contribution in [1.82, 2.24) is 14.9 Å². The van der Waals surface area contributed by atoms with Gasteiger partial charge in [-0.3, -0.25) is 4.79 Å². The number of fused-ring (bicyclic) bond motifs is 1. The molecule has 1 amide bonds. The summed E-state index contributed by atoms with van der Waals surface area (Å²) < 4.78 is 7.45. The van der Waals surface area contributed by atoms with Crippen molar-refractivity contribution in [2.45, 2.75) is 31.8 Å². The number of methoxy groups -OCH3 is 1. The number of nitrogens with one attached hydrogen (secondary N) is 1. The second-order valence-electron chi connectivity index (χ2n) is 5.24. The Morgan fingerprint density at radius 2 is 2.38 bits per heavy atom. The fourth-order valence-corrected chi connectivity index (χ4v) is 2.96. The molecular weight excluding hydrogens is 290 g/mol. The van der Waals surface area contributed by atoms with Gasteiger partial charge in [-0.1, -0.05) is 0 Å². The number of amides is 1. The number of nitrogens with zero attached hydrogens (tertiary/aromatic N) is 2. The molecule has 2 heterocycles. The summed E-state index contributed by atoms with van der Waals surface area (Å²) in [4.78, 5) is 16.0. The summed E-state index contributed by atoms with van der Waals surface area (Å²) in [6.45, 7) is 0.724. The van der Waals surface area contributed by atoms with Gasteiger partial charge in [-0.15, -0.1) is 11.6 Å². The first-order valence-corrected chi connectivity index (χ1v) is 7.63. The fourth-order valence-electron chi connectivity index (χ4n) is 2.79. The Bertz CT molecular complexity index is 668. The van der Waals surface area contributed by atoms with E-state index in [4.69, 9.17) is 16.3 Å². The highest BCUT2D eigenvalue weighted by Crippen LogP contribution is 2.24. The Hall–Kier alpha value is -1.75. The van der Waals surface area contributed by atoms with E-state index in [1.807, 2.05) is 18.2 Å². The largest absolute Gasteiger partial charge is 0.497 e. The number of aromatic nitrogens is 2.